The number of amides is 2. The Labute approximate surface area is 154 Å². The number of carboxylic acid groups (broad SMARTS) is 1. The molecular formula is C18H17N3O6. The van der Waals surface area contributed by atoms with E-state index in [1.807, 2.05) is 0 Å². The van der Waals surface area contributed by atoms with E-state index in [2.05, 4.69) is 15.8 Å². The first-order chi connectivity index (χ1) is 13.0. The average Bonchev–Trinajstić information content (AvgIpc) is 2.67. The number of hydrogen-bond donors (Lipinski definition) is 3. The van der Waals surface area contributed by atoms with Crippen molar-refractivity contribution < 1.29 is 29.0 Å². The molecule has 0 unspecified atom stereocenters. The molecule has 9 heteroatoms. The number of carbonyl (C=O) groups is 3. The fourth-order valence-corrected chi connectivity index (χ4v) is 1.94. The van der Waals surface area contributed by atoms with Gasteiger partial charge in [0.15, 0.2) is 6.61 Å². The summed E-state index contributed by atoms with van der Waals surface area (Å²) >= 11 is 0. The van der Waals surface area contributed by atoms with Crippen molar-refractivity contribution in [3.63, 3.8) is 0 Å². The number of carbonyl (C=O) groups excluding carboxylic acids is 2. The first-order valence-electron chi connectivity index (χ1n) is 7.71. The van der Waals surface area contributed by atoms with Gasteiger partial charge in [-0.3, -0.25) is 9.59 Å². The van der Waals surface area contributed by atoms with Crippen LogP contribution in [0.2, 0.25) is 0 Å². The number of anilines is 1. The second kappa shape index (κ2) is 9.56. The Kier molecular flexibility index (Phi) is 6.89. The molecule has 2 amide bonds. The lowest BCUT2D eigenvalue weighted by Gasteiger charge is -2.08. The molecule has 2 aromatic rings. The third-order valence-corrected chi connectivity index (χ3v) is 3.18. The molecule has 0 aliphatic carbocycles. The second-order valence-corrected chi connectivity index (χ2v) is 5.10. The van der Waals surface area contributed by atoms with Gasteiger partial charge in [0.1, 0.15) is 11.5 Å². The van der Waals surface area contributed by atoms with Gasteiger partial charge in [-0.15, -0.1) is 0 Å². The summed E-state index contributed by atoms with van der Waals surface area (Å²) in [6, 6.07) is 13.0. The van der Waals surface area contributed by atoms with Gasteiger partial charge in [-0.25, -0.2) is 10.2 Å². The summed E-state index contributed by atoms with van der Waals surface area (Å²) in [5.41, 5.74) is 3.09. The first kappa shape index (κ1) is 19.4. The Hall–Kier alpha value is -3.88. The molecule has 0 radical (unpaired) electrons. The molecular weight excluding hydrogens is 354 g/mol. The maximum atomic E-state index is 11.9. The van der Waals surface area contributed by atoms with Crippen LogP contribution in [0.3, 0.4) is 0 Å². The zero-order valence-electron chi connectivity index (χ0n) is 14.3. The van der Waals surface area contributed by atoms with Crippen molar-refractivity contribution in [2.45, 2.75) is 0 Å². The third-order valence-electron chi connectivity index (χ3n) is 3.18. The minimum Gasteiger partial charge on any atom is -0.495 e. The van der Waals surface area contributed by atoms with Crippen LogP contribution in [0.4, 0.5) is 5.69 Å². The van der Waals surface area contributed by atoms with Gasteiger partial charge in [0, 0.05) is 0 Å². The van der Waals surface area contributed by atoms with Gasteiger partial charge in [0.05, 0.1) is 19.0 Å². The van der Waals surface area contributed by atoms with E-state index in [4.69, 9.17) is 14.6 Å². The lowest BCUT2D eigenvalue weighted by molar-refractivity contribution is -0.139. The van der Waals surface area contributed by atoms with Crippen molar-refractivity contribution in [1.29, 1.82) is 0 Å². The highest BCUT2D eigenvalue weighted by molar-refractivity contribution is 6.39. The number of methoxy groups -OCH3 is 1. The van der Waals surface area contributed by atoms with Gasteiger partial charge in [-0.05, 0) is 42.0 Å². The van der Waals surface area contributed by atoms with Gasteiger partial charge in [-0.1, -0.05) is 12.1 Å². The number of aliphatic carboxylic acids is 1. The van der Waals surface area contributed by atoms with Gasteiger partial charge in [0.25, 0.3) is 0 Å². The molecule has 140 valence electrons. The summed E-state index contributed by atoms with van der Waals surface area (Å²) in [5, 5.41) is 14.7. The molecule has 0 saturated carbocycles. The van der Waals surface area contributed by atoms with Crippen molar-refractivity contribution >= 4 is 29.7 Å². The quantitative estimate of drug-likeness (QED) is 0.382. The Morgan fingerprint density at radius 3 is 2.44 bits per heavy atom. The average molecular weight is 371 g/mol. The summed E-state index contributed by atoms with van der Waals surface area (Å²) in [4.78, 5) is 34.1. The van der Waals surface area contributed by atoms with Crippen LogP contribution in [-0.2, 0) is 14.4 Å². The van der Waals surface area contributed by atoms with E-state index < -0.39 is 24.4 Å². The monoisotopic (exact) mass is 371 g/mol. The second-order valence-electron chi connectivity index (χ2n) is 5.10. The summed E-state index contributed by atoms with van der Waals surface area (Å²) in [7, 11) is 1.45. The Morgan fingerprint density at radius 1 is 1.07 bits per heavy atom. The van der Waals surface area contributed by atoms with E-state index in [1.54, 1.807) is 48.5 Å². The van der Waals surface area contributed by atoms with Crippen LogP contribution in [0.1, 0.15) is 5.56 Å². The first-order valence-corrected chi connectivity index (χ1v) is 7.71. The summed E-state index contributed by atoms with van der Waals surface area (Å²) < 4.78 is 10.1. The van der Waals surface area contributed by atoms with Gasteiger partial charge in [0.2, 0.25) is 0 Å². The van der Waals surface area contributed by atoms with E-state index in [-0.39, 0.29) is 0 Å². The number of hydrogen-bond acceptors (Lipinski definition) is 6. The van der Waals surface area contributed by atoms with E-state index in [9.17, 15) is 14.4 Å². The molecule has 0 saturated heterocycles. The summed E-state index contributed by atoms with van der Waals surface area (Å²) in [6.07, 6.45) is 1.33. The lowest BCUT2D eigenvalue weighted by atomic mass is 10.2. The Morgan fingerprint density at radius 2 is 1.78 bits per heavy atom. The number of nitrogens with zero attached hydrogens (tertiary/aromatic N) is 1. The zero-order valence-corrected chi connectivity index (χ0v) is 14.3. The van der Waals surface area contributed by atoms with Gasteiger partial charge < -0.3 is 19.9 Å². The van der Waals surface area contributed by atoms with E-state index in [1.165, 1.54) is 13.3 Å². The molecule has 0 heterocycles. The molecule has 0 fully saturated rings. The number of rotatable bonds is 7. The van der Waals surface area contributed by atoms with Gasteiger partial charge >= 0.3 is 17.8 Å². The van der Waals surface area contributed by atoms with Crippen molar-refractivity contribution in [1.82, 2.24) is 5.43 Å². The number of benzene rings is 2. The summed E-state index contributed by atoms with van der Waals surface area (Å²) in [5.74, 6) is -2.11. The van der Waals surface area contributed by atoms with Crippen molar-refractivity contribution in [2.24, 2.45) is 5.10 Å². The summed E-state index contributed by atoms with van der Waals surface area (Å²) in [6.45, 7) is -0.440. The molecule has 0 aliphatic heterocycles. The maximum Gasteiger partial charge on any atom is 0.341 e. The van der Waals surface area contributed by atoms with Crippen LogP contribution >= 0.6 is 0 Å². The van der Waals surface area contributed by atoms with Crippen LogP contribution in [0, 0.1) is 0 Å². The Bertz CT molecular complexity index is 848. The zero-order chi connectivity index (χ0) is 19.6. The largest absolute Gasteiger partial charge is 0.495 e. The smallest absolute Gasteiger partial charge is 0.341 e. The third kappa shape index (κ3) is 6.16. The molecule has 2 rings (SSSR count). The minimum absolute atomic E-state index is 0.362. The predicted octanol–water partition coefficient (Wildman–Crippen LogP) is 1.25. The number of nitrogens with one attached hydrogen (secondary N) is 2. The highest BCUT2D eigenvalue weighted by Gasteiger charge is 2.14. The fourth-order valence-electron chi connectivity index (χ4n) is 1.94. The van der Waals surface area contributed by atoms with Crippen molar-refractivity contribution in [3.8, 4) is 11.5 Å². The molecule has 0 aromatic heterocycles. The van der Waals surface area contributed by atoms with Crippen LogP contribution in [-0.4, -0.2) is 42.8 Å². The molecule has 0 bridgehead atoms. The maximum absolute atomic E-state index is 11.9. The van der Waals surface area contributed by atoms with E-state index in [0.717, 1.165) is 0 Å². The Balaban J connectivity index is 1.87. The van der Waals surface area contributed by atoms with Crippen molar-refractivity contribution in [3.05, 3.63) is 54.1 Å². The number of hydrazone groups is 1. The standard InChI is InChI=1S/C18H17N3O6/c1-26-15-5-3-2-4-14(15)20-17(24)18(25)21-19-10-12-6-8-13(9-7-12)27-11-16(22)23/h2-10H,11H2,1H3,(H,20,24)(H,21,25)(H,22,23)/b19-10-. The lowest BCUT2D eigenvalue weighted by Crippen LogP contribution is -2.32. The topological polar surface area (TPSA) is 126 Å². The molecule has 9 nitrogen and oxygen atoms in total. The predicted molar refractivity (Wildman–Crippen MR) is 96.9 cm³/mol. The normalized spacial score (nSPS) is 10.3. The number of para-hydroxylation sites is 2. The van der Waals surface area contributed by atoms with Crippen LogP contribution in [0.25, 0.3) is 0 Å². The van der Waals surface area contributed by atoms with Crippen LogP contribution in [0.15, 0.2) is 53.6 Å². The molecule has 3 N–H and O–H groups in total. The molecule has 2 aromatic carbocycles. The SMILES string of the molecule is COc1ccccc1NC(=O)C(=O)N/N=C\c1ccc(OCC(=O)O)cc1. The highest BCUT2D eigenvalue weighted by Crippen LogP contribution is 2.22. The highest BCUT2D eigenvalue weighted by atomic mass is 16.5. The van der Waals surface area contributed by atoms with Crippen LogP contribution < -0.4 is 20.2 Å². The number of ether oxygens (including phenoxy) is 2. The minimum atomic E-state index is -1.07. The molecule has 0 aliphatic rings. The number of carboxylic acids is 1. The van der Waals surface area contributed by atoms with Crippen molar-refractivity contribution in [2.75, 3.05) is 19.0 Å². The molecule has 27 heavy (non-hydrogen) atoms. The van der Waals surface area contributed by atoms with E-state index >= 15 is 0 Å². The van der Waals surface area contributed by atoms with Crippen LogP contribution in [0.5, 0.6) is 11.5 Å². The van der Waals surface area contributed by atoms with Gasteiger partial charge in [-0.2, -0.15) is 5.10 Å². The van der Waals surface area contributed by atoms with E-state index in [0.29, 0.717) is 22.7 Å². The molecule has 0 atom stereocenters. The molecule has 0 spiro atoms. The fraction of sp³-hybridized carbons (Fsp3) is 0.111.